The van der Waals surface area contributed by atoms with Crippen LogP contribution in [0.5, 0.6) is 5.75 Å². The van der Waals surface area contributed by atoms with Gasteiger partial charge in [-0.15, -0.1) is 10.2 Å². The second kappa shape index (κ2) is 8.17. The van der Waals surface area contributed by atoms with E-state index in [9.17, 15) is 0 Å². The van der Waals surface area contributed by atoms with E-state index in [0.717, 1.165) is 28.0 Å². The molecule has 0 aliphatic carbocycles. The molecule has 2 aromatic carbocycles. The third kappa shape index (κ3) is 4.92. The van der Waals surface area contributed by atoms with Crippen LogP contribution >= 0.6 is 11.8 Å². The largest absolute Gasteiger partial charge is 0.493 e. The van der Waals surface area contributed by atoms with E-state index in [2.05, 4.69) is 68.2 Å². The van der Waals surface area contributed by atoms with Crippen molar-refractivity contribution in [2.24, 2.45) is 7.05 Å². The second-order valence-electron chi connectivity index (χ2n) is 7.71. The zero-order valence-electron chi connectivity index (χ0n) is 16.7. The normalized spacial score (nSPS) is 11.6. The van der Waals surface area contributed by atoms with Gasteiger partial charge in [0.25, 0.3) is 0 Å². The van der Waals surface area contributed by atoms with Gasteiger partial charge < -0.3 is 9.30 Å². The highest BCUT2D eigenvalue weighted by atomic mass is 32.2. The highest BCUT2D eigenvalue weighted by Crippen LogP contribution is 2.27. The first-order valence-electron chi connectivity index (χ1n) is 9.17. The van der Waals surface area contributed by atoms with Gasteiger partial charge in [0.2, 0.25) is 0 Å². The summed E-state index contributed by atoms with van der Waals surface area (Å²) in [5, 5.41) is 9.62. The van der Waals surface area contributed by atoms with Gasteiger partial charge in [0.05, 0.1) is 6.61 Å². The molecule has 4 nitrogen and oxygen atoms in total. The number of aromatic nitrogens is 3. The summed E-state index contributed by atoms with van der Waals surface area (Å²) in [7, 11) is 2.01. The molecule has 0 radical (unpaired) electrons. The van der Waals surface area contributed by atoms with Crippen LogP contribution in [0.25, 0.3) is 11.4 Å². The molecule has 0 saturated heterocycles. The third-order valence-electron chi connectivity index (χ3n) is 4.42. The lowest BCUT2D eigenvalue weighted by molar-refractivity contribution is 0.343. The fourth-order valence-corrected chi connectivity index (χ4v) is 3.54. The fourth-order valence-electron chi connectivity index (χ4n) is 2.81. The van der Waals surface area contributed by atoms with Crippen molar-refractivity contribution in [3.63, 3.8) is 0 Å². The van der Waals surface area contributed by atoms with Gasteiger partial charge in [-0.05, 0) is 35.6 Å². The van der Waals surface area contributed by atoms with E-state index in [1.165, 1.54) is 11.1 Å². The molecule has 0 unspecified atom stereocenters. The number of thioether (sulfide) groups is 1. The van der Waals surface area contributed by atoms with Gasteiger partial charge in [0.1, 0.15) is 5.75 Å². The maximum atomic E-state index is 5.81. The number of hydrogen-bond acceptors (Lipinski definition) is 4. The monoisotopic (exact) mass is 381 g/mol. The van der Waals surface area contributed by atoms with Crippen molar-refractivity contribution in [2.75, 3.05) is 12.4 Å². The van der Waals surface area contributed by atoms with Crippen molar-refractivity contribution in [1.29, 1.82) is 0 Å². The third-order valence-corrected chi connectivity index (χ3v) is 5.40. The van der Waals surface area contributed by atoms with Crippen LogP contribution in [0.1, 0.15) is 31.9 Å². The number of rotatable bonds is 6. The summed E-state index contributed by atoms with van der Waals surface area (Å²) in [5.41, 5.74) is 3.75. The van der Waals surface area contributed by atoms with E-state index < -0.39 is 0 Å². The van der Waals surface area contributed by atoms with Crippen molar-refractivity contribution >= 4 is 11.8 Å². The van der Waals surface area contributed by atoms with Crippen LogP contribution in [-0.2, 0) is 12.5 Å². The van der Waals surface area contributed by atoms with Crippen molar-refractivity contribution in [3.05, 3.63) is 59.7 Å². The SMILES string of the molecule is Cc1cccc(OCCSc2nnc(-c3ccc(C(C)(C)C)cc3)n2C)c1. The summed E-state index contributed by atoms with van der Waals surface area (Å²) in [4.78, 5) is 0. The predicted molar refractivity (Wildman–Crippen MR) is 113 cm³/mol. The quantitative estimate of drug-likeness (QED) is 0.431. The van der Waals surface area contributed by atoms with Crippen molar-refractivity contribution in [3.8, 4) is 17.1 Å². The fraction of sp³-hybridized carbons (Fsp3) is 0.364. The Kier molecular flexibility index (Phi) is 5.90. The lowest BCUT2D eigenvalue weighted by Crippen LogP contribution is -2.10. The zero-order valence-corrected chi connectivity index (χ0v) is 17.5. The molecule has 3 aromatic rings. The molecule has 5 heteroatoms. The minimum atomic E-state index is 0.150. The van der Waals surface area contributed by atoms with Gasteiger partial charge in [-0.1, -0.05) is 68.9 Å². The van der Waals surface area contributed by atoms with Gasteiger partial charge >= 0.3 is 0 Å². The Morgan fingerprint density at radius 2 is 1.78 bits per heavy atom. The lowest BCUT2D eigenvalue weighted by Gasteiger charge is -2.19. The average molecular weight is 382 g/mol. The molecule has 142 valence electrons. The van der Waals surface area contributed by atoms with E-state index in [1.807, 2.05) is 29.8 Å². The second-order valence-corrected chi connectivity index (χ2v) is 8.77. The summed E-state index contributed by atoms with van der Waals surface area (Å²) in [6, 6.07) is 16.7. The molecule has 0 atom stereocenters. The highest BCUT2D eigenvalue weighted by molar-refractivity contribution is 7.99. The van der Waals surface area contributed by atoms with Gasteiger partial charge in [0.15, 0.2) is 11.0 Å². The summed E-state index contributed by atoms with van der Waals surface area (Å²) < 4.78 is 7.85. The maximum absolute atomic E-state index is 5.81. The Hall–Kier alpha value is -2.27. The molecule has 0 saturated carbocycles. The molecular weight excluding hydrogens is 354 g/mol. The van der Waals surface area contributed by atoms with Crippen LogP contribution in [-0.4, -0.2) is 27.1 Å². The summed E-state index contributed by atoms with van der Waals surface area (Å²) >= 11 is 1.66. The van der Waals surface area contributed by atoms with Crippen molar-refractivity contribution < 1.29 is 4.74 Å². The molecule has 3 rings (SSSR count). The Morgan fingerprint density at radius 3 is 2.44 bits per heavy atom. The first-order chi connectivity index (χ1) is 12.8. The van der Waals surface area contributed by atoms with Gasteiger partial charge in [-0.2, -0.15) is 0 Å². The van der Waals surface area contributed by atoms with E-state index in [0.29, 0.717) is 6.61 Å². The molecule has 0 spiro atoms. The van der Waals surface area contributed by atoms with E-state index in [4.69, 9.17) is 4.74 Å². The zero-order chi connectivity index (χ0) is 19.4. The van der Waals surface area contributed by atoms with E-state index >= 15 is 0 Å². The van der Waals surface area contributed by atoms with Crippen LogP contribution in [0, 0.1) is 6.92 Å². The smallest absolute Gasteiger partial charge is 0.191 e. The standard InChI is InChI=1S/C22H27N3OS/c1-16-7-6-8-19(15-16)26-13-14-27-21-24-23-20(25(21)5)17-9-11-18(12-10-17)22(2,3)4/h6-12,15H,13-14H2,1-5H3. The number of aryl methyl sites for hydroxylation is 1. The Labute approximate surface area is 166 Å². The molecule has 0 aliphatic rings. The van der Waals surface area contributed by atoms with Crippen LogP contribution < -0.4 is 4.74 Å². The lowest BCUT2D eigenvalue weighted by atomic mass is 9.87. The predicted octanol–water partition coefficient (Wildman–Crippen LogP) is 5.26. The number of nitrogens with zero attached hydrogens (tertiary/aromatic N) is 3. The molecule has 1 aromatic heterocycles. The van der Waals surface area contributed by atoms with E-state index in [1.54, 1.807) is 11.8 Å². The van der Waals surface area contributed by atoms with Gasteiger partial charge in [-0.3, -0.25) is 0 Å². The highest BCUT2D eigenvalue weighted by Gasteiger charge is 2.15. The number of benzene rings is 2. The minimum Gasteiger partial charge on any atom is -0.493 e. The molecule has 27 heavy (non-hydrogen) atoms. The average Bonchev–Trinajstić information content (AvgIpc) is 2.99. The molecule has 0 N–H and O–H groups in total. The molecule has 0 bridgehead atoms. The van der Waals surface area contributed by atoms with E-state index in [-0.39, 0.29) is 5.41 Å². The molecular formula is C22H27N3OS. The van der Waals surface area contributed by atoms with Crippen LogP contribution in [0.4, 0.5) is 0 Å². The van der Waals surface area contributed by atoms with Gasteiger partial charge in [0, 0.05) is 18.4 Å². The first-order valence-corrected chi connectivity index (χ1v) is 10.2. The number of hydrogen-bond donors (Lipinski definition) is 0. The topological polar surface area (TPSA) is 39.9 Å². The molecule has 0 fully saturated rings. The maximum Gasteiger partial charge on any atom is 0.191 e. The van der Waals surface area contributed by atoms with Crippen LogP contribution in [0.2, 0.25) is 0 Å². The van der Waals surface area contributed by atoms with Crippen LogP contribution in [0.15, 0.2) is 53.7 Å². The number of ether oxygens (including phenoxy) is 1. The van der Waals surface area contributed by atoms with Crippen LogP contribution in [0.3, 0.4) is 0 Å². The van der Waals surface area contributed by atoms with Crippen molar-refractivity contribution in [2.45, 2.75) is 38.3 Å². The summed E-state index contributed by atoms with van der Waals surface area (Å²) in [6.07, 6.45) is 0. The molecule has 0 amide bonds. The Balaban J connectivity index is 1.60. The van der Waals surface area contributed by atoms with Gasteiger partial charge in [-0.25, -0.2) is 0 Å². The first kappa shape index (κ1) is 19.5. The molecule has 0 aliphatic heterocycles. The van der Waals surface area contributed by atoms with Crippen molar-refractivity contribution in [1.82, 2.24) is 14.8 Å². The summed E-state index contributed by atoms with van der Waals surface area (Å²) in [5.74, 6) is 2.62. The minimum absolute atomic E-state index is 0.150. The Morgan fingerprint density at radius 1 is 1.04 bits per heavy atom. The molecule has 1 heterocycles. The summed E-state index contributed by atoms with van der Waals surface area (Å²) in [6.45, 7) is 9.36. The Bertz CT molecular complexity index is 895.